The van der Waals surface area contributed by atoms with E-state index in [0.29, 0.717) is 5.56 Å². The van der Waals surface area contributed by atoms with Crippen LogP contribution in [0.15, 0.2) is 42.5 Å². The van der Waals surface area contributed by atoms with Gasteiger partial charge in [-0.3, -0.25) is 0 Å². The van der Waals surface area contributed by atoms with Crippen LogP contribution in [0.5, 0.6) is 0 Å². The van der Waals surface area contributed by atoms with E-state index in [1.165, 1.54) is 30.3 Å². The third kappa shape index (κ3) is 4.73. The molecule has 2 amide bonds. The Hall–Kier alpha value is -2.54. The number of carbonyl (C=O) groups excluding carboxylic acids is 1. The van der Waals surface area contributed by atoms with E-state index in [1.54, 1.807) is 6.92 Å². The summed E-state index contributed by atoms with van der Waals surface area (Å²) in [6.45, 7) is 1.45. The number of aliphatic hydroxyl groups is 1. The van der Waals surface area contributed by atoms with E-state index in [1.807, 2.05) is 0 Å². The highest BCUT2D eigenvalue weighted by Crippen LogP contribution is 2.17. The van der Waals surface area contributed by atoms with Crippen LogP contribution in [0.3, 0.4) is 0 Å². The maximum atomic E-state index is 13.6. The SMILES string of the molecule is CC(NC(=O)NCC(O)c1ccc(F)cc1)c1ccc(F)cc1F. The van der Waals surface area contributed by atoms with Crippen molar-refractivity contribution in [3.63, 3.8) is 0 Å². The zero-order chi connectivity index (χ0) is 17.7. The van der Waals surface area contributed by atoms with Crippen LogP contribution in [0.2, 0.25) is 0 Å². The summed E-state index contributed by atoms with van der Waals surface area (Å²) in [7, 11) is 0. The first-order valence-electron chi connectivity index (χ1n) is 7.29. The molecule has 2 aromatic rings. The molecule has 0 saturated heterocycles. The molecule has 0 spiro atoms. The maximum absolute atomic E-state index is 13.6. The van der Waals surface area contributed by atoms with Gasteiger partial charge in [0.1, 0.15) is 17.5 Å². The predicted octanol–water partition coefficient (Wildman–Crippen LogP) is 3.20. The minimum absolute atomic E-state index is 0.101. The van der Waals surface area contributed by atoms with Crippen molar-refractivity contribution in [3.05, 3.63) is 71.0 Å². The number of urea groups is 1. The van der Waals surface area contributed by atoms with Crippen LogP contribution < -0.4 is 10.6 Å². The van der Waals surface area contributed by atoms with Crippen LogP contribution in [-0.4, -0.2) is 17.7 Å². The molecule has 0 aliphatic rings. The zero-order valence-corrected chi connectivity index (χ0v) is 12.9. The van der Waals surface area contributed by atoms with Crippen molar-refractivity contribution in [2.24, 2.45) is 0 Å². The first-order chi connectivity index (χ1) is 11.4. The van der Waals surface area contributed by atoms with Crippen molar-refractivity contribution in [1.82, 2.24) is 10.6 Å². The summed E-state index contributed by atoms with van der Waals surface area (Å²) >= 11 is 0. The van der Waals surface area contributed by atoms with Gasteiger partial charge in [0.15, 0.2) is 0 Å². The van der Waals surface area contributed by atoms with Crippen molar-refractivity contribution in [2.75, 3.05) is 6.54 Å². The summed E-state index contributed by atoms with van der Waals surface area (Å²) in [5, 5.41) is 14.8. The second-order valence-electron chi connectivity index (χ2n) is 5.31. The molecule has 7 heteroatoms. The largest absolute Gasteiger partial charge is 0.387 e. The van der Waals surface area contributed by atoms with E-state index in [9.17, 15) is 23.1 Å². The van der Waals surface area contributed by atoms with E-state index >= 15 is 0 Å². The number of halogens is 3. The topological polar surface area (TPSA) is 61.4 Å². The zero-order valence-electron chi connectivity index (χ0n) is 12.9. The van der Waals surface area contributed by atoms with E-state index in [0.717, 1.165) is 12.1 Å². The van der Waals surface area contributed by atoms with Gasteiger partial charge < -0.3 is 15.7 Å². The molecule has 2 unspecified atom stereocenters. The van der Waals surface area contributed by atoms with Gasteiger partial charge in [-0.1, -0.05) is 18.2 Å². The van der Waals surface area contributed by atoms with E-state index in [2.05, 4.69) is 10.6 Å². The lowest BCUT2D eigenvalue weighted by molar-refractivity contribution is 0.172. The number of hydrogen-bond donors (Lipinski definition) is 3. The van der Waals surface area contributed by atoms with Gasteiger partial charge in [-0.25, -0.2) is 18.0 Å². The summed E-state index contributed by atoms with van der Waals surface area (Å²) < 4.78 is 39.3. The Bertz CT molecular complexity index is 707. The molecule has 2 aromatic carbocycles. The molecule has 2 atom stereocenters. The number of benzene rings is 2. The highest BCUT2D eigenvalue weighted by molar-refractivity contribution is 5.74. The van der Waals surface area contributed by atoms with Crippen molar-refractivity contribution >= 4 is 6.03 Å². The molecule has 2 rings (SSSR count). The number of hydrogen-bond acceptors (Lipinski definition) is 2. The van der Waals surface area contributed by atoms with Gasteiger partial charge in [0.05, 0.1) is 12.1 Å². The van der Waals surface area contributed by atoms with Gasteiger partial charge in [0.2, 0.25) is 0 Å². The van der Waals surface area contributed by atoms with Gasteiger partial charge in [-0.05, 0) is 30.7 Å². The Morgan fingerprint density at radius 3 is 2.33 bits per heavy atom. The van der Waals surface area contributed by atoms with Crippen LogP contribution in [0, 0.1) is 17.5 Å². The molecule has 24 heavy (non-hydrogen) atoms. The molecular formula is C17H17F3N2O2. The Morgan fingerprint density at radius 2 is 1.71 bits per heavy atom. The van der Waals surface area contributed by atoms with Gasteiger partial charge in [-0.15, -0.1) is 0 Å². The Morgan fingerprint density at radius 1 is 1.08 bits per heavy atom. The Balaban J connectivity index is 1.87. The van der Waals surface area contributed by atoms with Gasteiger partial charge >= 0.3 is 6.03 Å². The number of amides is 2. The van der Waals surface area contributed by atoms with Crippen molar-refractivity contribution in [1.29, 1.82) is 0 Å². The van der Waals surface area contributed by atoms with Crippen LogP contribution >= 0.6 is 0 Å². The summed E-state index contributed by atoms with van der Waals surface area (Å²) in [6, 6.07) is 7.03. The number of aliphatic hydroxyl groups excluding tert-OH is 1. The average Bonchev–Trinajstić information content (AvgIpc) is 2.53. The van der Waals surface area contributed by atoms with Gasteiger partial charge in [0, 0.05) is 18.2 Å². The second-order valence-corrected chi connectivity index (χ2v) is 5.31. The molecule has 0 heterocycles. The lowest BCUT2D eigenvalue weighted by Crippen LogP contribution is -2.39. The standard InChI is InChI=1S/C17H17F3N2O2/c1-10(14-7-6-13(19)8-15(14)20)22-17(24)21-9-16(23)11-2-4-12(18)5-3-11/h2-8,10,16,23H,9H2,1H3,(H2,21,22,24). The molecule has 0 radical (unpaired) electrons. The smallest absolute Gasteiger partial charge is 0.315 e. The maximum Gasteiger partial charge on any atom is 0.315 e. The molecule has 0 aliphatic heterocycles. The van der Waals surface area contributed by atoms with Gasteiger partial charge in [0.25, 0.3) is 0 Å². The molecule has 0 aromatic heterocycles. The summed E-state index contributed by atoms with van der Waals surface area (Å²) in [6.07, 6.45) is -1.01. The lowest BCUT2D eigenvalue weighted by atomic mass is 10.1. The summed E-state index contributed by atoms with van der Waals surface area (Å²) in [4.78, 5) is 11.8. The molecule has 3 N–H and O–H groups in total. The normalized spacial score (nSPS) is 13.2. The quantitative estimate of drug-likeness (QED) is 0.784. The van der Waals surface area contributed by atoms with E-state index in [-0.39, 0.29) is 12.1 Å². The number of carbonyl (C=O) groups is 1. The van der Waals surface area contributed by atoms with E-state index in [4.69, 9.17) is 0 Å². The molecule has 0 fully saturated rings. The van der Waals surface area contributed by atoms with E-state index < -0.39 is 35.6 Å². The van der Waals surface area contributed by atoms with Crippen LogP contribution in [0.1, 0.15) is 30.2 Å². The Labute approximate surface area is 137 Å². The lowest BCUT2D eigenvalue weighted by Gasteiger charge is -2.17. The molecule has 0 bridgehead atoms. The van der Waals surface area contributed by atoms with Crippen LogP contribution in [-0.2, 0) is 0 Å². The fourth-order valence-electron chi connectivity index (χ4n) is 2.17. The van der Waals surface area contributed by atoms with Gasteiger partial charge in [-0.2, -0.15) is 0 Å². The predicted molar refractivity (Wildman–Crippen MR) is 82.7 cm³/mol. The summed E-state index contributed by atoms with van der Waals surface area (Å²) in [5.74, 6) is -1.88. The molecule has 4 nitrogen and oxygen atoms in total. The van der Waals surface area contributed by atoms with Crippen molar-refractivity contribution < 1.29 is 23.1 Å². The third-order valence-corrected chi connectivity index (χ3v) is 3.49. The van der Waals surface area contributed by atoms with Crippen LogP contribution in [0.4, 0.5) is 18.0 Å². The third-order valence-electron chi connectivity index (χ3n) is 3.49. The summed E-state index contributed by atoms with van der Waals surface area (Å²) in [5.41, 5.74) is 0.597. The fraction of sp³-hybridized carbons (Fsp3) is 0.235. The Kier molecular flexibility index (Phi) is 5.81. The number of nitrogens with one attached hydrogen (secondary N) is 2. The molecule has 0 aliphatic carbocycles. The monoisotopic (exact) mass is 338 g/mol. The second kappa shape index (κ2) is 7.83. The highest BCUT2D eigenvalue weighted by atomic mass is 19.1. The van der Waals surface area contributed by atoms with Crippen molar-refractivity contribution in [3.8, 4) is 0 Å². The molecule has 128 valence electrons. The first kappa shape index (κ1) is 17.8. The molecule has 0 saturated carbocycles. The number of rotatable bonds is 5. The van der Waals surface area contributed by atoms with Crippen molar-refractivity contribution in [2.45, 2.75) is 19.1 Å². The minimum Gasteiger partial charge on any atom is -0.387 e. The average molecular weight is 338 g/mol. The first-order valence-corrected chi connectivity index (χ1v) is 7.29. The molecular weight excluding hydrogens is 321 g/mol. The fourth-order valence-corrected chi connectivity index (χ4v) is 2.17. The minimum atomic E-state index is -1.01. The highest BCUT2D eigenvalue weighted by Gasteiger charge is 2.15. The van der Waals surface area contributed by atoms with Crippen LogP contribution in [0.25, 0.3) is 0 Å².